The molecular weight excluding hydrogens is 196 g/mol. The van der Waals surface area contributed by atoms with E-state index in [1.165, 1.54) is 6.42 Å². The van der Waals surface area contributed by atoms with Gasteiger partial charge in [0.1, 0.15) is 0 Å². The summed E-state index contributed by atoms with van der Waals surface area (Å²) >= 11 is 4.31. The second kappa shape index (κ2) is 2.96. The van der Waals surface area contributed by atoms with E-state index in [9.17, 15) is 0 Å². The molecule has 3 atom stereocenters. The van der Waals surface area contributed by atoms with Crippen molar-refractivity contribution < 1.29 is 0 Å². The molecule has 1 aliphatic carbocycles. The SMILES string of the molecule is CC(C)(C)SC1(C)SC2C=CC1C2. The van der Waals surface area contributed by atoms with Gasteiger partial charge in [0.2, 0.25) is 0 Å². The molecule has 2 aliphatic rings. The highest BCUT2D eigenvalue weighted by molar-refractivity contribution is 8.19. The van der Waals surface area contributed by atoms with E-state index in [1.807, 2.05) is 0 Å². The largest absolute Gasteiger partial charge is 0.138 e. The molecule has 0 radical (unpaired) electrons. The smallest absolute Gasteiger partial charge is 0.0656 e. The van der Waals surface area contributed by atoms with Crippen LogP contribution in [0.15, 0.2) is 12.2 Å². The Balaban J connectivity index is 2.10. The van der Waals surface area contributed by atoms with Crippen molar-refractivity contribution in [2.45, 2.75) is 48.2 Å². The first-order valence-corrected chi connectivity index (χ1v) is 6.65. The topological polar surface area (TPSA) is 0 Å². The van der Waals surface area contributed by atoms with Crippen LogP contribution in [0, 0.1) is 5.92 Å². The summed E-state index contributed by atoms with van der Waals surface area (Å²) in [6.07, 6.45) is 6.20. The Kier molecular flexibility index (Phi) is 2.27. The Hall–Kier alpha value is 0.440. The van der Waals surface area contributed by atoms with Crippen molar-refractivity contribution >= 4 is 23.5 Å². The van der Waals surface area contributed by atoms with E-state index >= 15 is 0 Å². The number of allylic oxidation sites excluding steroid dienone is 1. The minimum atomic E-state index is 0.389. The predicted molar refractivity (Wildman–Crippen MR) is 64.4 cm³/mol. The van der Waals surface area contributed by atoms with E-state index in [0.717, 1.165) is 11.2 Å². The minimum Gasteiger partial charge on any atom is -0.138 e. The Labute approximate surface area is 89.9 Å². The zero-order valence-electron chi connectivity index (χ0n) is 8.83. The summed E-state index contributed by atoms with van der Waals surface area (Å²) in [5.74, 6) is 0.812. The van der Waals surface area contributed by atoms with Crippen LogP contribution >= 0.6 is 23.5 Å². The molecule has 2 bridgehead atoms. The molecule has 3 unspecified atom stereocenters. The van der Waals surface area contributed by atoms with Crippen LogP contribution in [0.2, 0.25) is 0 Å². The van der Waals surface area contributed by atoms with Crippen LogP contribution in [-0.2, 0) is 0 Å². The quantitative estimate of drug-likeness (QED) is 0.607. The highest BCUT2D eigenvalue weighted by atomic mass is 32.2. The molecule has 0 amide bonds. The van der Waals surface area contributed by atoms with Gasteiger partial charge in [0.15, 0.2) is 0 Å². The van der Waals surface area contributed by atoms with E-state index in [0.29, 0.717) is 8.83 Å². The van der Waals surface area contributed by atoms with Crippen molar-refractivity contribution in [3.05, 3.63) is 12.2 Å². The zero-order valence-corrected chi connectivity index (χ0v) is 10.5. The minimum absolute atomic E-state index is 0.389. The third kappa shape index (κ3) is 1.94. The van der Waals surface area contributed by atoms with Crippen LogP contribution in [0.25, 0.3) is 0 Å². The fourth-order valence-electron chi connectivity index (χ4n) is 2.24. The highest BCUT2D eigenvalue weighted by Gasteiger charge is 2.47. The van der Waals surface area contributed by atoms with E-state index in [1.54, 1.807) is 0 Å². The van der Waals surface area contributed by atoms with Crippen molar-refractivity contribution in [2.75, 3.05) is 0 Å². The van der Waals surface area contributed by atoms with E-state index < -0.39 is 0 Å². The van der Waals surface area contributed by atoms with Crippen LogP contribution in [-0.4, -0.2) is 14.1 Å². The summed E-state index contributed by atoms with van der Waals surface area (Å²) in [6, 6.07) is 0. The lowest BCUT2D eigenvalue weighted by Crippen LogP contribution is -2.27. The molecule has 0 spiro atoms. The Morgan fingerprint density at radius 3 is 2.46 bits per heavy atom. The third-order valence-electron chi connectivity index (χ3n) is 2.61. The first-order chi connectivity index (χ1) is 5.89. The average molecular weight is 214 g/mol. The van der Waals surface area contributed by atoms with Crippen molar-refractivity contribution in [2.24, 2.45) is 5.92 Å². The number of hydrogen-bond acceptors (Lipinski definition) is 2. The van der Waals surface area contributed by atoms with E-state index in [2.05, 4.69) is 63.4 Å². The summed E-state index contributed by atoms with van der Waals surface area (Å²) in [6.45, 7) is 9.37. The summed E-state index contributed by atoms with van der Waals surface area (Å²) in [7, 11) is 0. The predicted octanol–water partition coefficient (Wildman–Crippen LogP) is 3.93. The molecular formula is C11H18S2. The Morgan fingerprint density at radius 1 is 1.38 bits per heavy atom. The molecule has 74 valence electrons. The van der Waals surface area contributed by atoms with Gasteiger partial charge in [0.25, 0.3) is 0 Å². The van der Waals surface area contributed by atoms with Crippen molar-refractivity contribution in [1.82, 2.24) is 0 Å². The second-order valence-electron chi connectivity index (χ2n) is 5.11. The average Bonchev–Trinajstić information content (AvgIpc) is 2.39. The van der Waals surface area contributed by atoms with Crippen LogP contribution in [0.4, 0.5) is 0 Å². The standard InChI is InChI=1S/C11H18S2/c1-10(2,3)13-11(4)8-5-6-9(7-8)12-11/h5-6,8-9H,7H2,1-4H3. The zero-order chi connectivity index (χ0) is 9.69. The molecule has 0 saturated carbocycles. The molecule has 2 rings (SSSR count). The first kappa shape index (κ1) is 9.97. The van der Waals surface area contributed by atoms with Gasteiger partial charge in [-0.1, -0.05) is 32.9 Å². The van der Waals surface area contributed by atoms with Gasteiger partial charge in [0.05, 0.1) is 4.08 Å². The maximum atomic E-state index is 2.43. The number of thioether (sulfide) groups is 2. The maximum absolute atomic E-state index is 2.43. The van der Waals surface area contributed by atoms with Crippen LogP contribution in [0.5, 0.6) is 0 Å². The van der Waals surface area contributed by atoms with Gasteiger partial charge in [-0.3, -0.25) is 0 Å². The summed E-state index contributed by atoms with van der Waals surface area (Å²) in [5.41, 5.74) is 0. The third-order valence-corrected chi connectivity index (χ3v) is 5.89. The van der Waals surface area contributed by atoms with Gasteiger partial charge < -0.3 is 0 Å². The molecule has 1 heterocycles. The summed E-state index contributed by atoms with van der Waals surface area (Å²) < 4.78 is 0.831. The van der Waals surface area contributed by atoms with Crippen LogP contribution < -0.4 is 0 Å². The second-order valence-corrected chi connectivity index (χ2v) is 9.34. The summed E-state index contributed by atoms with van der Waals surface area (Å²) in [4.78, 5) is 0. The molecule has 1 saturated heterocycles. The number of fused-ring (bicyclic) bond motifs is 2. The normalized spacial score (nSPS) is 43.1. The maximum Gasteiger partial charge on any atom is 0.0656 e. The molecule has 13 heavy (non-hydrogen) atoms. The molecule has 0 N–H and O–H groups in total. The molecule has 0 nitrogen and oxygen atoms in total. The van der Waals surface area contributed by atoms with Gasteiger partial charge >= 0.3 is 0 Å². The van der Waals surface area contributed by atoms with Crippen LogP contribution in [0.1, 0.15) is 34.1 Å². The van der Waals surface area contributed by atoms with Crippen molar-refractivity contribution in [3.63, 3.8) is 0 Å². The highest BCUT2D eigenvalue weighted by Crippen LogP contribution is 2.60. The monoisotopic (exact) mass is 214 g/mol. The lowest BCUT2D eigenvalue weighted by atomic mass is 10.1. The van der Waals surface area contributed by atoms with Gasteiger partial charge in [-0.15, -0.1) is 23.5 Å². The fraction of sp³-hybridized carbons (Fsp3) is 0.818. The van der Waals surface area contributed by atoms with Gasteiger partial charge in [0, 0.05) is 15.9 Å². The molecule has 1 fully saturated rings. The molecule has 0 aromatic rings. The van der Waals surface area contributed by atoms with Crippen LogP contribution in [0.3, 0.4) is 0 Å². The van der Waals surface area contributed by atoms with E-state index in [4.69, 9.17) is 0 Å². The lowest BCUT2D eigenvalue weighted by molar-refractivity contribution is 0.623. The van der Waals surface area contributed by atoms with Gasteiger partial charge in [-0.05, 0) is 13.3 Å². The van der Waals surface area contributed by atoms with E-state index in [-0.39, 0.29) is 0 Å². The Bertz CT molecular complexity index is 239. The molecule has 1 aliphatic heterocycles. The van der Waals surface area contributed by atoms with Gasteiger partial charge in [-0.2, -0.15) is 0 Å². The lowest BCUT2D eigenvalue weighted by Gasteiger charge is -2.36. The van der Waals surface area contributed by atoms with Crippen molar-refractivity contribution in [3.8, 4) is 0 Å². The fourth-order valence-corrected chi connectivity index (χ4v) is 6.52. The Morgan fingerprint density at radius 2 is 2.08 bits per heavy atom. The van der Waals surface area contributed by atoms with Crippen molar-refractivity contribution in [1.29, 1.82) is 0 Å². The number of rotatable bonds is 1. The molecule has 0 aromatic heterocycles. The summed E-state index contributed by atoms with van der Waals surface area (Å²) in [5, 5.41) is 0.810. The molecule has 2 heteroatoms. The van der Waals surface area contributed by atoms with Gasteiger partial charge in [-0.25, -0.2) is 0 Å². The first-order valence-electron chi connectivity index (χ1n) is 4.95. The molecule has 0 aromatic carbocycles. The number of hydrogen-bond donors (Lipinski definition) is 0.